The number of nitrogen functional groups attached to an aromatic ring is 1. The molecule has 1 aromatic rings. The summed E-state index contributed by atoms with van der Waals surface area (Å²) < 4.78 is 23.9. The van der Waals surface area contributed by atoms with E-state index in [4.69, 9.17) is 5.73 Å². The molecule has 0 saturated heterocycles. The molecule has 1 aliphatic carbocycles. The van der Waals surface area contributed by atoms with E-state index in [0.29, 0.717) is 16.8 Å². The van der Waals surface area contributed by atoms with E-state index < -0.39 is 9.84 Å². The Labute approximate surface area is 109 Å². The first-order valence-corrected chi connectivity index (χ1v) is 9.04. The number of sulfone groups is 1. The summed E-state index contributed by atoms with van der Waals surface area (Å²) in [6, 6.07) is 0. The lowest BCUT2D eigenvalue weighted by Crippen LogP contribution is -2.28. The number of rotatable bonds is 3. The SMILES string of the molecule is CS(=O)(=O)C1CCCC(Sc2nnc(N)s2)C1. The number of nitrogens with two attached hydrogens (primary N) is 1. The molecule has 1 aromatic heterocycles. The van der Waals surface area contributed by atoms with Gasteiger partial charge >= 0.3 is 0 Å². The van der Waals surface area contributed by atoms with Crippen LogP contribution in [0.4, 0.5) is 5.13 Å². The van der Waals surface area contributed by atoms with Crippen molar-refractivity contribution in [2.24, 2.45) is 0 Å². The molecule has 1 fully saturated rings. The average Bonchev–Trinajstić information content (AvgIpc) is 2.63. The Bertz CT molecular complexity index is 485. The van der Waals surface area contributed by atoms with Gasteiger partial charge in [0.25, 0.3) is 0 Å². The third-order valence-electron chi connectivity index (χ3n) is 2.87. The number of hydrogen-bond acceptors (Lipinski definition) is 7. The minimum Gasteiger partial charge on any atom is -0.374 e. The highest BCUT2D eigenvalue weighted by atomic mass is 32.2. The van der Waals surface area contributed by atoms with Crippen molar-refractivity contribution in [3.8, 4) is 0 Å². The predicted octanol–water partition coefficient (Wildman–Crippen LogP) is 1.57. The number of hydrogen-bond donors (Lipinski definition) is 1. The zero-order valence-corrected chi connectivity index (χ0v) is 11.9. The van der Waals surface area contributed by atoms with Crippen molar-refractivity contribution in [2.45, 2.75) is 40.5 Å². The lowest BCUT2D eigenvalue weighted by molar-refractivity contribution is 0.495. The minimum absolute atomic E-state index is 0.195. The summed E-state index contributed by atoms with van der Waals surface area (Å²) in [6.07, 6.45) is 4.82. The van der Waals surface area contributed by atoms with Gasteiger partial charge in [0, 0.05) is 11.5 Å². The molecular formula is C9H15N3O2S3. The fourth-order valence-corrected chi connectivity index (χ4v) is 5.49. The van der Waals surface area contributed by atoms with Gasteiger partial charge in [0.15, 0.2) is 4.34 Å². The first-order chi connectivity index (χ1) is 7.95. The summed E-state index contributed by atoms with van der Waals surface area (Å²) in [6.45, 7) is 0. The van der Waals surface area contributed by atoms with E-state index in [-0.39, 0.29) is 5.25 Å². The highest BCUT2D eigenvalue weighted by molar-refractivity contribution is 8.01. The van der Waals surface area contributed by atoms with Crippen LogP contribution in [0, 0.1) is 0 Å². The van der Waals surface area contributed by atoms with Crippen LogP contribution in [-0.2, 0) is 9.84 Å². The molecule has 0 amide bonds. The van der Waals surface area contributed by atoms with Crippen molar-refractivity contribution in [1.29, 1.82) is 0 Å². The molecule has 17 heavy (non-hydrogen) atoms. The topological polar surface area (TPSA) is 85.9 Å². The number of nitrogens with zero attached hydrogens (tertiary/aromatic N) is 2. The second kappa shape index (κ2) is 5.11. The van der Waals surface area contributed by atoms with E-state index in [0.717, 1.165) is 23.6 Å². The minimum atomic E-state index is -2.92. The van der Waals surface area contributed by atoms with Crippen molar-refractivity contribution in [2.75, 3.05) is 12.0 Å². The van der Waals surface area contributed by atoms with Gasteiger partial charge in [-0.25, -0.2) is 8.42 Å². The van der Waals surface area contributed by atoms with Crippen molar-refractivity contribution in [3.05, 3.63) is 0 Å². The van der Waals surface area contributed by atoms with Crippen molar-refractivity contribution in [1.82, 2.24) is 10.2 Å². The number of aromatic nitrogens is 2. The Morgan fingerprint density at radius 2 is 2.18 bits per heavy atom. The first-order valence-electron chi connectivity index (χ1n) is 5.39. The van der Waals surface area contributed by atoms with E-state index >= 15 is 0 Å². The normalized spacial score (nSPS) is 25.9. The van der Waals surface area contributed by atoms with Gasteiger partial charge in [0.05, 0.1) is 5.25 Å². The molecule has 1 saturated carbocycles. The van der Waals surface area contributed by atoms with Crippen molar-refractivity contribution >= 4 is 38.1 Å². The predicted molar refractivity (Wildman–Crippen MR) is 71.1 cm³/mol. The lowest BCUT2D eigenvalue weighted by Gasteiger charge is -2.26. The standard InChI is InChI=1S/C9H15N3O2S3/c1-17(13,14)7-4-2-3-6(5-7)15-9-12-11-8(10)16-9/h6-7H,2-5H2,1H3,(H2,10,11). The van der Waals surface area contributed by atoms with E-state index in [2.05, 4.69) is 10.2 Å². The quantitative estimate of drug-likeness (QED) is 0.910. The van der Waals surface area contributed by atoms with Gasteiger partial charge in [-0.1, -0.05) is 29.5 Å². The summed E-state index contributed by atoms with van der Waals surface area (Å²) in [5.41, 5.74) is 5.52. The van der Waals surface area contributed by atoms with Crippen LogP contribution < -0.4 is 5.73 Å². The van der Waals surface area contributed by atoms with Crippen LogP contribution in [-0.4, -0.2) is 35.4 Å². The molecule has 0 aromatic carbocycles. The summed E-state index contributed by atoms with van der Waals surface area (Å²) in [5.74, 6) is 0. The highest BCUT2D eigenvalue weighted by Gasteiger charge is 2.29. The smallest absolute Gasteiger partial charge is 0.203 e. The molecule has 2 unspecified atom stereocenters. The zero-order valence-electron chi connectivity index (χ0n) is 9.50. The maximum atomic E-state index is 11.5. The molecule has 2 atom stereocenters. The largest absolute Gasteiger partial charge is 0.374 e. The molecule has 0 aliphatic heterocycles. The molecule has 0 bridgehead atoms. The molecule has 96 valence electrons. The van der Waals surface area contributed by atoms with Crippen molar-refractivity contribution < 1.29 is 8.42 Å². The van der Waals surface area contributed by atoms with Crippen molar-refractivity contribution in [3.63, 3.8) is 0 Å². The fraction of sp³-hybridized carbons (Fsp3) is 0.778. The van der Waals surface area contributed by atoms with Gasteiger partial charge in [0.1, 0.15) is 9.84 Å². The Hall–Kier alpha value is -0.340. The first kappa shape index (κ1) is 13.1. The number of anilines is 1. The van der Waals surface area contributed by atoms with E-state index in [1.807, 2.05) is 0 Å². The Morgan fingerprint density at radius 1 is 1.41 bits per heavy atom. The summed E-state index contributed by atoms with van der Waals surface area (Å²) in [4.78, 5) is 0. The number of thioether (sulfide) groups is 1. The van der Waals surface area contributed by atoms with Gasteiger partial charge < -0.3 is 5.73 Å². The third-order valence-corrected chi connectivity index (χ3v) is 6.64. The summed E-state index contributed by atoms with van der Waals surface area (Å²) >= 11 is 2.96. The molecule has 2 N–H and O–H groups in total. The van der Waals surface area contributed by atoms with E-state index in [1.165, 1.54) is 17.6 Å². The molecule has 8 heteroatoms. The maximum absolute atomic E-state index is 11.5. The van der Waals surface area contributed by atoms with Gasteiger partial charge in [-0.15, -0.1) is 10.2 Å². The Balaban J connectivity index is 1.98. The molecular weight excluding hydrogens is 278 g/mol. The van der Waals surface area contributed by atoms with Gasteiger partial charge in [-0.2, -0.15) is 0 Å². The van der Waals surface area contributed by atoms with E-state index in [9.17, 15) is 8.42 Å². The van der Waals surface area contributed by atoms with Crippen LogP contribution in [0.1, 0.15) is 25.7 Å². The van der Waals surface area contributed by atoms with Gasteiger partial charge in [-0.3, -0.25) is 0 Å². The van der Waals surface area contributed by atoms with Crippen LogP contribution in [0.2, 0.25) is 0 Å². The van der Waals surface area contributed by atoms with Crippen LogP contribution in [0.3, 0.4) is 0 Å². The van der Waals surface area contributed by atoms with Gasteiger partial charge in [0.2, 0.25) is 5.13 Å². The van der Waals surface area contributed by atoms with Crippen LogP contribution >= 0.6 is 23.1 Å². The van der Waals surface area contributed by atoms with Crippen LogP contribution in [0.25, 0.3) is 0 Å². The molecule has 5 nitrogen and oxygen atoms in total. The zero-order chi connectivity index (χ0) is 12.5. The molecule has 1 heterocycles. The maximum Gasteiger partial charge on any atom is 0.203 e. The molecule has 2 rings (SSSR count). The summed E-state index contributed by atoms with van der Waals surface area (Å²) in [5, 5.41) is 8.29. The second-order valence-corrected chi connectivity index (χ2v) is 9.15. The second-order valence-electron chi connectivity index (χ2n) is 4.26. The van der Waals surface area contributed by atoms with E-state index in [1.54, 1.807) is 11.8 Å². The Kier molecular flexibility index (Phi) is 3.94. The van der Waals surface area contributed by atoms with Gasteiger partial charge in [-0.05, 0) is 19.3 Å². The third kappa shape index (κ3) is 3.56. The van der Waals surface area contributed by atoms with Crippen LogP contribution in [0.5, 0.6) is 0 Å². The fourth-order valence-electron chi connectivity index (χ4n) is 2.01. The highest BCUT2D eigenvalue weighted by Crippen LogP contribution is 2.37. The molecule has 1 aliphatic rings. The lowest BCUT2D eigenvalue weighted by atomic mass is 10.00. The summed E-state index contributed by atoms with van der Waals surface area (Å²) in [7, 11) is -2.92. The molecule has 0 spiro atoms. The Morgan fingerprint density at radius 3 is 2.76 bits per heavy atom. The monoisotopic (exact) mass is 293 g/mol. The average molecular weight is 293 g/mol. The molecule has 0 radical (unpaired) electrons. The van der Waals surface area contributed by atoms with Crippen LogP contribution in [0.15, 0.2) is 4.34 Å².